The first-order valence-corrected chi connectivity index (χ1v) is 7.62. The fourth-order valence-electron chi connectivity index (χ4n) is 2.95. The van der Waals surface area contributed by atoms with Gasteiger partial charge in [-0.15, -0.1) is 5.10 Å². The summed E-state index contributed by atoms with van der Waals surface area (Å²) in [6.45, 7) is 4.27. The van der Waals surface area contributed by atoms with Gasteiger partial charge in [-0.05, 0) is 25.8 Å². The third kappa shape index (κ3) is 2.12. The van der Waals surface area contributed by atoms with E-state index in [4.69, 9.17) is 9.47 Å². The van der Waals surface area contributed by atoms with Gasteiger partial charge in [-0.1, -0.05) is 0 Å². The number of morpholine rings is 1. The number of hydrogen-bond donors (Lipinski definition) is 0. The number of anilines is 1. The van der Waals surface area contributed by atoms with E-state index in [1.54, 1.807) is 29.9 Å². The second-order valence-corrected chi connectivity index (χ2v) is 5.76. The van der Waals surface area contributed by atoms with Crippen molar-refractivity contribution >= 4 is 17.4 Å². The summed E-state index contributed by atoms with van der Waals surface area (Å²) in [6, 6.07) is 1.79. The van der Waals surface area contributed by atoms with Crippen LogP contribution in [-0.4, -0.2) is 52.5 Å². The Labute approximate surface area is 127 Å². The number of rotatable bonds is 3. The molecule has 0 amide bonds. The molecule has 0 N–H and O–H groups in total. The maximum absolute atomic E-state index is 12.4. The molecule has 1 aliphatic heterocycles. The van der Waals surface area contributed by atoms with Gasteiger partial charge < -0.3 is 14.4 Å². The molecule has 2 fully saturated rings. The highest BCUT2D eigenvalue weighted by atomic mass is 16.5. The molecule has 22 heavy (non-hydrogen) atoms. The van der Waals surface area contributed by atoms with Crippen LogP contribution in [0.25, 0.3) is 5.65 Å². The van der Waals surface area contributed by atoms with E-state index in [0.717, 1.165) is 25.9 Å². The highest BCUT2D eigenvalue weighted by Crippen LogP contribution is 2.43. The minimum absolute atomic E-state index is 0.0343. The fraction of sp³-hybridized carbons (Fsp3) is 0.533. The maximum atomic E-state index is 12.4. The Kier molecular flexibility index (Phi) is 3.04. The molecule has 7 heteroatoms. The highest BCUT2D eigenvalue weighted by Gasteiger charge is 2.48. The van der Waals surface area contributed by atoms with Crippen LogP contribution in [0.3, 0.4) is 0 Å². The van der Waals surface area contributed by atoms with Gasteiger partial charge in [-0.25, -0.2) is 14.3 Å². The van der Waals surface area contributed by atoms with Gasteiger partial charge in [0, 0.05) is 25.5 Å². The summed E-state index contributed by atoms with van der Waals surface area (Å²) in [5.41, 5.74) is 0.945. The van der Waals surface area contributed by atoms with Crippen LogP contribution in [0.4, 0.5) is 5.82 Å². The summed E-state index contributed by atoms with van der Waals surface area (Å²) >= 11 is 0. The molecule has 3 heterocycles. The zero-order valence-corrected chi connectivity index (χ0v) is 12.5. The first kappa shape index (κ1) is 13.5. The Morgan fingerprint density at radius 1 is 1.50 bits per heavy atom. The number of ether oxygens (including phenoxy) is 2. The number of nitrogens with zero attached hydrogens (tertiary/aromatic N) is 4. The SMILES string of the molecule is CCOC(=O)c1c(N2CCOC3(CC3)C2)nn2cccnc12. The normalized spacial score (nSPS) is 19.6. The van der Waals surface area contributed by atoms with E-state index in [1.807, 2.05) is 0 Å². The molecule has 1 saturated carbocycles. The maximum Gasteiger partial charge on any atom is 0.345 e. The number of hydrogen-bond acceptors (Lipinski definition) is 6. The predicted octanol–water partition coefficient (Wildman–Crippen LogP) is 1.28. The van der Waals surface area contributed by atoms with E-state index < -0.39 is 0 Å². The van der Waals surface area contributed by atoms with Crippen LogP contribution in [0, 0.1) is 0 Å². The van der Waals surface area contributed by atoms with E-state index in [-0.39, 0.29) is 11.6 Å². The van der Waals surface area contributed by atoms with E-state index in [2.05, 4.69) is 15.0 Å². The Hall–Kier alpha value is -2.15. The van der Waals surface area contributed by atoms with E-state index in [0.29, 0.717) is 30.2 Å². The van der Waals surface area contributed by atoms with Crippen molar-refractivity contribution in [2.75, 3.05) is 31.2 Å². The molecule has 1 spiro atoms. The van der Waals surface area contributed by atoms with Crippen molar-refractivity contribution < 1.29 is 14.3 Å². The number of aromatic nitrogens is 3. The number of esters is 1. The minimum Gasteiger partial charge on any atom is -0.462 e. The summed E-state index contributed by atoms with van der Waals surface area (Å²) in [5, 5.41) is 4.56. The van der Waals surface area contributed by atoms with E-state index in [1.165, 1.54) is 0 Å². The summed E-state index contributed by atoms with van der Waals surface area (Å²) in [6.07, 6.45) is 5.60. The van der Waals surface area contributed by atoms with Crippen molar-refractivity contribution in [1.29, 1.82) is 0 Å². The summed E-state index contributed by atoms with van der Waals surface area (Å²) in [5.74, 6) is 0.272. The Bertz CT molecular complexity index is 723. The standard InChI is InChI=1S/C15H18N4O3/c1-2-21-14(20)11-12-16-6-3-7-19(12)17-13(11)18-8-9-22-15(10-18)4-5-15/h3,6-7H,2,4-5,8-10H2,1H3. The van der Waals surface area contributed by atoms with Crippen LogP contribution in [-0.2, 0) is 9.47 Å². The van der Waals surface area contributed by atoms with Gasteiger partial charge in [0.05, 0.1) is 18.8 Å². The molecule has 0 atom stereocenters. The molecule has 0 bridgehead atoms. The molecular weight excluding hydrogens is 284 g/mol. The zero-order valence-electron chi connectivity index (χ0n) is 12.5. The smallest absolute Gasteiger partial charge is 0.345 e. The topological polar surface area (TPSA) is 69.0 Å². The number of carbonyl (C=O) groups is 1. The quantitative estimate of drug-likeness (QED) is 0.796. The van der Waals surface area contributed by atoms with Gasteiger partial charge in [-0.2, -0.15) is 0 Å². The van der Waals surface area contributed by atoms with E-state index >= 15 is 0 Å². The fourth-order valence-corrected chi connectivity index (χ4v) is 2.95. The molecule has 7 nitrogen and oxygen atoms in total. The van der Waals surface area contributed by atoms with Crippen molar-refractivity contribution in [3.8, 4) is 0 Å². The van der Waals surface area contributed by atoms with Gasteiger partial charge in [0.2, 0.25) is 0 Å². The predicted molar refractivity (Wildman–Crippen MR) is 79.1 cm³/mol. The third-order valence-electron chi connectivity index (χ3n) is 4.21. The molecule has 1 aliphatic carbocycles. The number of fused-ring (bicyclic) bond motifs is 1. The minimum atomic E-state index is -0.373. The third-order valence-corrected chi connectivity index (χ3v) is 4.21. The van der Waals surface area contributed by atoms with Gasteiger partial charge in [-0.3, -0.25) is 0 Å². The second-order valence-electron chi connectivity index (χ2n) is 5.76. The molecule has 1 saturated heterocycles. The highest BCUT2D eigenvalue weighted by molar-refractivity contribution is 6.01. The van der Waals surface area contributed by atoms with Crippen LogP contribution in [0.2, 0.25) is 0 Å². The Morgan fingerprint density at radius 3 is 3.14 bits per heavy atom. The van der Waals surface area contributed by atoms with Crippen LogP contribution < -0.4 is 4.90 Å². The van der Waals surface area contributed by atoms with Crippen LogP contribution >= 0.6 is 0 Å². The van der Waals surface area contributed by atoms with Gasteiger partial charge in [0.15, 0.2) is 11.5 Å². The average molecular weight is 302 g/mol. The Morgan fingerprint density at radius 2 is 2.36 bits per heavy atom. The lowest BCUT2D eigenvalue weighted by atomic mass is 10.2. The molecule has 0 unspecified atom stereocenters. The van der Waals surface area contributed by atoms with Crippen molar-refractivity contribution in [1.82, 2.24) is 14.6 Å². The van der Waals surface area contributed by atoms with E-state index in [9.17, 15) is 4.79 Å². The molecule has 0 aromatic carbocycles. The van der Waals surface area contributed by atoms with Gasteiger partial charge >= 0.3 is 5.97 Å². The second kappa shape index (κ2) is 4.95. The largest absolute Gasteiger partial charge is 0.462 e. The number of carbonyl (C=O) groups excluding carboxylic acids is 1. The zero-order chi connectivity index (χ0) is 15.2. The summed E-state index contributed by atoms with van der Waals surface area (Å²) in [4.78, 5) is 18.8. The molecule has 2 aromatic rings. The van der Waals surface area contributed by atoms with Gasteiger partial charge in [0.25, 0.3) is 0 Å². The first-order chi connectivity index (χ1) is 10.7. The molecule has 116 valence electrons. The molecule has 0 radical (unpaired) electrons. The summed E-state index contributed by atoms with van der Waals surface area (Å²) in [7, 11) is 0. The average Bonchev–Trinajstić information content (AvgIpc) is 3.15. The lowest BCUT2D eigenvalue weighted by Crippen LogP contribution is -2.44. The first-order valence-electron chi connectivity index (χ1n) is 7.62. The van der Waals surface area contributed by atoms with Crippen molar-refractivity contribution in [3.05, 3.63) is 24.0 Å². The molecule has 2 aliphatic rings. The molecule has 4 rings (SSSR count). The van der Waals surface area contributed by atoms with Crippen LogP contribution in [0.15, 0.2) is 18.5 Å². The van der Waals surface area contributed by atoms with Crippen molar-refractivity contribution in [2.24, 2.45) is 0 Å². The molecular formula is C15H18N4O3. The lowest BCUT2D eigenvalue weighted by Gasteiger charge is -2.33. The van der Waals surface area contributed by atoms with Crippen molar-refractivity contribution in [3.63, 3.8) is 0 Å². The molecule has 2 aromatic heterocycles. The van der Waals surface area contributed by atoms with Crippen molar-refractivity contribution in [2.45, 2.75) is 25.4 Å². The van der Waals surface area contributed by atoms with Crippen LogP contribution in [0.5, 0.6) is 0 Å². The lowest BCUT2D eigenvalue weighted by molar-refractivity contribution is 0.0201. The Balaban J connectivity index is 1.78. The van der Waals surface area contributed by atoms with Crippen LogP contribution in [0.1, 0.15) is 30.1 Å². The summed E-state index contributed by atoms with van der Waals surface area (Å²) < 4.78 is 12.7. The van der Waals surface area contributed by atoms with Gasteiger partial charge in [0.1, 0.15) is 5.56 Å². The monoisotopic (exact) mass is 302 g/mol.